The second-order valence-corrected chi connectivity index (χ2v) is 4.50. The van der Waals surface area contributed by atoms with Gasteiger partial charge in [-0.1, -0.05) is 12.1 Å². The van der Waals surface area contributed by atoms with E-state index in [1.807, 2.05) is 18.2 Å². The number of aliphatic hydroxyl groups is 1. The molecule has 1 aromatic rings. The van der Waals surface area contributed by atoms with Gasteiger partial charge in [-0.2, -0.15) is 0 Å². The smallest absolute Gasteiger partial charge is 0.142 e. The highest BCUT2D eigenvalue weighted by Crippen LogP contribution is 2.35. The van der Waals surface area contributed by atoms with Gasteiger partial charge in [-0.05, 0) is 37.9 Å². The van der Waals surface area contributed by atoms with E-state index in [1.165, 1.54) is 0 Å². The Bertz CT molecular complexity index is 376. The Morgan fingerprint density at radius 2 is 2.12 bits per heavy atom. The lowest BCUT2D eigenvalue weighted by atomic mass is 9.87. The minimum atomic E-state index is -0.493. The van der Waals surface area contributed by atoms with E-state index >= 15 is 0 Å². The van der Waals surface area contributed by atoms with Gasteiger partial charge in [0.2, 0.25) is 0 Å². The molecule has 1 unspecified atom stereocenters. The molecule has 1 aliphatic heterocycles. The normalized spacial score (nSPS) is 18.9. The van der Waals surface area contributed by atoms with E-state index in [0.29, 0.717) is 11.4 Å². The minimum Gasteiger partial charge on any atom is -0.495 e. The molecule has 4 N–H and O–H groups in total. The highest BCUT2D eigenvalue weighted by molar-refractivity contribution is 5.59. The summed E-state index contributed by atoms with van der Waals surface area (Å²) in [6.45, 7) is 1.93. The first kappa shape index (κ1) is 12.2. The molecule has 0 aromatic heterocycles. The van der Waals surface area contributed by atoms with Gasteiger partial charge in [-0.25, -0.2) is 0 Å². The van der Waals surface area contributed by atoms with Gasteiger partial charge in [-0.3, -0.25) is 0 Å². The van der Waals surface area contributed by atoms with Gasteiger partial charge in [0, 0.05) is 5.56 Å². The number of hydrogen-bond donors (Lipinski definition) is 3. The van der Waals surface area contributed by atoms with Crippen LogP contribution < -0.4 is 15.8 Å². The van der Waals surface area contributed by atoms with Crippen LogP contribution in [0.4, 0.5) is 5.69 Å². The van der Waals surface area contributed by atoms with Crippen LogP contribution in [0.5, 0.6) is 5.75 Å². The maximum Gasteiger partial charge on any atom is 0.142 e. The third-order valence-electron chi connectivity index (χ3n) is 3.47. The molecule has 4 heteroatoms. The fraction of sp³-hybridized carbons (Fsp3) is 0.538. The summed E-state index contributed by atoms with van der Waals surface area (Å²) in [5, 5.41) is 13.7. The van der Waals surface area contributed by atoms with Gasteiger partial charge in [0.05, 0.1) is 18.9 Å². The number of benzene rings is 1. The summed E-state index contributed by atoms with van der Waals surface area (Å²) in [4.78, 5) is 0. The number of nitrogens with one attached hydrogen (secondary N) is 1. The van der Waals surface area contributed by atoms with Crippen LogP contribution >= 0.6 is 0 Å². The zero-order valence-corrected chi connectivity index (χ0v) is 10.1. The van der Waals surface area contributed by atoms with Gasteiger partial charge in [0.25, 0.3) is 0 Å². The number of rotatable bonds is 3. The fourth-order valence-electron chi connectivity index (χ4n) is 2.41. The Hall–Kier alpha value is -1.26. The van der Waals surface area contributed by atoms with E-state index in [1.54, 1.807) is 7.11 Å². The molecule has 0 radical (unpaired) electrons. The number of piperidine rings is 1. The number of para-hydroxylation sites is 1. The fourth-order valence-corrected chi connectivity index (χ4v) is 2.41. The van der Waals surface area contributed by atoms with Crippen LogP contribution in [0.15, 0.2) is 18.2 Å². The lowest BCUT2D eigenvalue weighted by Gasteiger charge is -2.28. The van der Waals surface area contributed by atoms with Crippen LogP contribution in [0.2, 0.25) is 0 Å². The van der Waals surface area contributed by atoms with Gasteiger partial charge in [-0.15, -0.1) is 0 Å². The molecule has 94 valence electrons. The molecule has 1 saturated heterocycles. The van der Waals surface area contributed by atoms with Gasteiger partial charge >= 0.3 is 0 Å². The number of anilines is 1. The van der Waals surface area contributed by atoms with Crippen LogP contribution in [-0.4, -0.2) is 25.3 Å². The highest BCUT2D eigenvalue weighted by Gasteiger charge is 2.25. The molecule has 0 bridgehead atoms. The van der Waals surface area contributed by atoms with Crippen molar-refractivity contribution in [2.75, 3.05) is 25.9 Å². The molecular weight excluding hydrogens is 216 g/mol. The number of ether oxygens (including phenoxy) is 1. The minimum absolute atomic E-state index is 0.283. The quantitative estimate of drug-likeness (QED) is 0.692. The van der Waals surface area contributed by atoms with E-state index in [0.717, 1.165) is 31.5 Å². The SMILES string of the molecule is COc1cccc(C(O)C2CCNCC2)c1N. The predicted molar refractivity (Wildman–Crippen MR) is 68.0 cm³/mol. The molecule has 2 rings (SSSR count). The first-order valence-electron chi connectivity index (χ1n) is 6.05. The molecule has 0 spiro atoms. The summed E-state index contributed by atoms with van der Waals surface area (Å²) < 4.78 is 5.17. The van der Waals surface area contributed by atoms with E-state index < -0.39 is 6.10 Å². The van der Waals surface area contributed by atoms with Crippen LogP contribution in [0, 0.1) is 5.92 Å². The van der Waals surface area contributed by atoms with Crippen LogP contribution in [0.3, 0.4) is 0 Å². The van der Waals surface area contributed by atoms with Crippen molar-refractivity contribution < 1.29 is 9.84 Å². The highest BCUT2D eigenvalue weighted by atomic mass is 16.5. The number of hydrogen-bond acceptors (Lipinski definition) is 4. The second kappa shape index (κ2) is 5.38. The summed E-state index contributed by atoms with van der Waals surface area (Å²) in [5.41, 5.74) is 7.35. The number of aliphatic hydroxyl groups excluding tert-OH is 1. The van der Waals surface area contributed by atoms with Gasteiger partial charge in [0.1, 0.15) is 5.75 Å². The first-order chi connectivity index (χ1) is 8.24. The Kier molecular flexibility index (Phi) is 3.86. The molecule has 1 aromatic carbocycles. The van der Waals surface area contributed by atoms with Crippen molar-refractivity contribution in [3.8, 4) is 5.75 Å². The zero-order chi connectivity index (χ0) is 12.3. The zero-order valence-electron chi connectivity index (χ0n) is 10.1. The van der Waals surface area contributed by atoms with Crippen molar-refractivity contribution in [3.63, 3.8) is 0 Å². The average Bonchev–Trinajstić information content (AvgIpc) is 2.39. The maximum atomic E-state index is 10.4. The van der Waals surface area contributed by atoms with Crippen LogP contribution in [0.1, 0.15) is 24.5 Å². The number of methoxy groups -OCH3 is 1. The van der Waals surface area contributed by atoms with Crippen molar-refractivity contribution in [2.24, 2.45) is 5.92 Å². The Morgan fingerprint density at radius 1 is 1.41 bits per heavy atom. The van der Waals surface area contributed by atoms with Gasteiger partial charge in [0.15, 0.2) is 0 Å². The molecule has 1 aliphatic rings. The Balaban J connectivity index is 2.20. The molecule has 0 amide bonds. The van der Waals surface area contributed by atoms with E-state index in [-0.39, 0.29) is 5.92 Å². The maximum absolute atomic E-state index is 10.4. The second-order valence-electron chi connectivity index (χ2n) is 4.50. The Labute approximate surface area is 102 Å². The standard InChI is InChI=1S/C13H20N2O2/c1-17-11-4-2-3-10(12(11)14)13(16)9-5-7-15-8-6-9/h2-4,9,13,15-16H,5-8,14H2,1H3. The lowest BCUT2D eigenvalue weighted by Crippen LogP contribution is -2.31. The molecule has 17 heavy (non-hydrogen) atoms. The van der Waals surface area contributed by atoms with Gasteiger partial charge < -0.3 is 20.9 Å². The molecule has 1 atom stereocenters. The summed E-state index contributed by atoms with van der Waals surface area (Å²) in [6, 6.07) is 5.56. The topological polar surface area (TPSA) is 67.5 Å². The van der Waals surface area contributed by atoms with E-state index in [4.69, 9.17) is 10.5 Å². The summed E-state index contributed by atoms with van der Waals surface area (Å²) in [7, 11) is 1.59. The van der Waals surface area contributed by atoms with Crippen molar-refractivity contribution in [1.82, 2.24) is 5.32 Å². The Morgan fingerprint density at radius 3 is 2.76 bits per heavy atom. The molecule has 4 nitrogen and oxygen atoms in total. The van der Waals surface area contributed by atoms with Crippen LogP contribution in [0.25, 0.3) is 0 Å². The van der Waals surface area contributed by atoms with E-state index in [9.17, 15) is 5.11 Å². The largest absolute Gasteiger partial charge is 0.495 e. The third kappa shape index (κ3) is 2.53. The molecule has 1 heterocycles. The number of nitrogen functional groups attached to an aromatic ring is 1. The predicted octanol–water partition coefficient (Wildman–Crippen LogP) is 1.31. The van der Waals surface area contributed by atoms with Crippen molar-refractivity contribution >= 4 is 5.69 Å². The van der Waals surface area contributed by atoms with E-state index in [2.05, 4.69) is 5.32 Å². The average molecular weight is 236 g/mol. The molecule has 0 aliphatic carbocycles. The third-order valence-corrected chi connectivity index (χ3v) is 3.47. The monoisotopic (exact) mass is 236 g/mol. The van der Waals surface area contributed by atoms with Crippen molar-refractivity contribution in [3.05, 3.63) is 23.8 Å². The lowest BCUT2D eigenvalue weighted by molar-refractivity contribution is 0.0894. The van der Waals surface area contributed by atoms with Crippen molar-refractivity contribution in [1.29, 1.82) is 0 Å². The first-order valence-corrected chi connectivity index (χ1v) is 6.05. The van der Waals surface area contributed by atoms with Crippen LogP contribution in [-0.2, 0) is 0 Å². The summed E-state index contributed by atoms with van der Waals surface area (Å²) >= 11 is 0. The molecule has 0 saturated carbocycles. The summed E-state index contributed by atoms with van der Waals surface area (Å²) in [6.07, 6.45) is 1.47. The molecular formula is C13H20N2O2. The number of nitrogens with two attached hydrogens (primary N) is 1. The van der Waals surface area contributed by atoms with Crippen molar-refractivity contribution in [2.45, 2.75) is 18.9 Å². The molecule has 1 fully saturated rings. The summed E-state index contributed by atoms with van der Waals surface area (Å²) in [5.74, 6) is 0.918.